The zero-order chi connectivity index (χ0) is 29.1. The van der Waals surface area contributed by atoms with Crippen LogP contribution in [-0.4, -0.2) is 65.1 Å². The topological polar surface area (TPSA) is 123 Å². The first-order chi connectivity index (χ1) is 18.3. The number of carbonyl (C=O) groups excluding carboxylic acids is 4. The van der Waals surface area contributed by atoms with Crippen LogP contribution in [0.4, 0.5) is 5.69 Å². The fraction of sp³-hybridized carbons (Fsp3) is 0.500. The number of nitrogens with one attached hydrogen (secondary N) is 2. The summed E-state index contributed by atoms with van der Waals surface area (Å²) in [6.07, 6.45) is 4.51. The molecule has 9 nitrogen and oxygen atoms in total. The zero-order valence-corrected chi connectivity index (χ0v) is 23.5. The Balaban J connectivity index is 1.92. The molecule has 1 fully saturated rings. The summed E-state index contributed by atoms with van der Waals surface area (Å²) in [5.74, 6) is -1.33. The Morgan fingerprint density at radius 1 is 1.33 bits per heavy atom. The summed E-state index contributed by atoms with van der Waals surface area (Å²) >= 11 is 0. The van der Waals surface area contributed by atoms with E-state index >= 15 is 0 Å². The number of nitrogens with zero attached hydrogens (tertiary/aromatic N) is 3. The molecule has 1 aromatic carbocycles. The average molecular weight is 534 g/mol. The Kier molecular flexibility index (Phi) is 8.69. The predicted molar refractivity (Wildman–Crippen MR) is 150 cm³/mol. The number of rotatable bonds is 9. The van der Waals surface area contributed by atoms with Crippen molar-refractivity contribution in [2.24, 2.45) is 5.41 Å². The molecule has 0 bridgehead atoms. The molecule has 208 valence electrons. The first-order valence-corrected chi connectivity index (χ1v) is 13.2. The minimum atomic E-state index is -1.06. The van der Waals surface area contributed by atoms with Gasteiger partial charge < -0.3 is 20.4 Å². The average Bonchev–Trinajstić information content (AvgIpc) is 3.41. The Labute approximate surface area is 230 Å². The summed E-state index contributed by atoms with van der Waals surface area (Å²) in [7, 11) is 1.55. The molecule has 0 aliphatic carbocycles. The van der Waals surface area contributed by atoms with Crippen LogP contribution in [0.2, 0.25) is 0 Å². The van der Waals surface area contributed by atoms with E-state index in [1.165, 1.54) is 9.80 Å². The highest BCUT2D eigenvalue weighted by atomic mass is 16.2. The molecular formula is C30H39N5O4. The lowest BCUT2D eigenvalue weighted by atomic mass is 9.79. The maximum Gasteiger partial charge on any atom is 0.246 e. The molecule has 1 aromatic rings. The molecule has 4 atom stereocenters. The molecule has 2 aliphatic heterocycles. The molecule has 2 heterocycles. The third-order valence-electron chi connectivity index (χ3n) is 7.50. The Hall–Kier alpha value is -3.93. The second-order valence-electron chi connectivity index (χ2n) is 11.7. The van der Waals surface area contributed by atoms with Gasteiger partial charge in [0.1, 0.15) is 18.1 Å². The van der Waals surface area contributed by atoms with Crippen molar-refractivity contribution in [1.82, 2.24) is 15.1 Å². The van der Waals surface area contributed by atoms with Gasteiger partial charge in [-0.25, -0.2) is 0 Å². The fourth-order valence-electron chi connectivity index (χ4n) is 5.40. The molecule has 39 heavy (non-hydrogen) atoms. The number of nitriles is 1. The van der Waals surface area contributed by atoms with Gasteiger partial charge in [-0.3, -0.25) is 19.2 Å². The van der Waals surface area contributed by atoms with Gasteiger partial charge in [0.25, 0.3) is 0 Å². The van der Waals surface area contributed by atoms with Crippen LogP contribution >= 0.6 is 0 Å². The normalized spacial score (nSPS) is 21.4. The molecule has 0 aromatic heterocycles. The lowest BCUT2D eigenvalue weighted by molar-refractivity contribution is -0.147. The van der Waals surface area contributed by atoms with Crippen molar-refractivity contribution in [2.45, 2.75) is 76.9 Å². The minimum absolute atomic E-state index is 0.0278. The van der Waals surface area contributed by atoms with Gasteiger partial charge >= 0.3 is 0 Å². The Morgan fingerprint density at radius 2 is 2.03 bits per heavy atom. The molecule has 1 saturated heterocycles. The van der Waals surface area contributed by atoms with Crippen LogP contribution in [0.1, 0.15) is 64.5 Å². The van der Waals surface area contributed by atoms with Gasteiger partial charge in [-0.05, 0) is 48.4 Å². The molecule has 0 saturated carbocycles. The third kappa shape index (κ3) is 6.06. The highest BCUT2D eigenvalue weighted by Crippen LogP contribution is 2.47. The molecule has 2 aliphatic rings. The van der Waals surface area contributed by atoms with Crippen LogP contribution in [0, 0.1) is 16.7 Å². The highest BCUT2D eigenvalue weighted by Gasteiger charge is 2.57. The fourth-order valence-corrected chi connectivity index (χ4v) is 5.40. The van der Waals surface area contributed by atoms with E-state index < -0.39 is 35.4 Å². The van der Waals surface area contributed by atoms with Crippen molar-refractivity contribution in [3.05, 3.63) is 48.6 Å². The molecular weight excluding hydrogens is 494 g/mol. The van der Waals surface area contributed by atoms with Crippen molar-refractivity contribution in [1.29, 1.82) is 5.26 Å². The zero-order valence-electron chi connectivity index (χ0n) is 23.5. The van der Waals surface area contributed by atoms with Crippen LogP contribution in [0.15, 0.2) is 37.4 Å². The number of hydrogen-bond acceptors (Lipinski definition) is 5. The van der Waals surface area contributed by atoms with E-state index in [1.807, 2.05) is 39.0 Å². The standard InChI is InChI=1S/C30H39N5O4/c1-8-10-11-25(36)32-19(3)26(37)34(7)24(16-29(4,5)6)27(38)35-18-30(15-21(35)17-31)22-14-20(9-2)12-13-23(22)33-28(30)39/h8-9,12-14,19,21,24H,1-2,10-11,15-16,18H2,3-7H3,(H,32,36)(H,33,39)/t19-,21-,24-,30-/m0/s1. The summed E-state index contributed by atoms with van der Waals surface area (Å²) in [6.45, 7) is 14.9. The van der Waals surface area contributed by atoms with Gasteiger partial charge in [0.15, 0.2) is 0 Å². The number of allylic oxidation sites excluding steroid dienone is 1. The van der Waals surface area contributed by atoms with Gasteiger partial charge in [0, 0.05) is 32.1 Å². The van der Waals surface area contributed by atoms with Crippen molar-refractivity contribution < 1.29 is 19.2 Å². The highest BCUT2D eigenvalue weighted by molar-refractivity contribution is 6.07. The molecule has 0 unspecified atom stereocenters. The number of carbonyl (C=O) groups is 4. The van der Waals surface area contributed by atoms with Crippen LogP contribution in [0.3, 0.4) is 0 Å². The summed E-state index contributed by atoms with van der Waals surface area (Å²) in [6, 6.07) is 5.18. The summed E-state index contributed by atoms with van der Waals surface area (Å²) in [4.78, 5) is 55.8. The summed E-state index contributed by atoms with van der Waals surface area (Å²) in [5, 5.41) is 15.7. The van der Waals surface area contributed by atoms with E-state index in [4.69, 9.17) is 0 Å². The van der Waals surface area contributed by atoms with Crippen molar-refractivity contribution in [2.75, 3.05) is 18.9 Å². The van der Waals surface area contributed by atoms with E-state index in [2.05, 4.69) is 29.9 Å². The Morgan fingerprint density at radius 3 is 2.62 bits per heavy atom. The van der Waals surface area contributed by atoms with E-state index in [0.717, 1.165) is 11.1 Å². The van der Waals surface area contributed by atoms with E-state index in [-0.39, 0.29) is 36.6 Å². The number of benzene rings is 1. The number of hydrogen-bond donors (Lipinski definition) is 2. The molecule has 2 N–H and O–H groups in total. The van der Waals surface area contributed by atoms with Gasteiger partial charge in [-0.2, -0.15) is 5.26 Å². The van der Waals surface area contributed by atoms with E-state index in [1.54, 1.807) is 26.1 Å². The predicted octanol–water partition coefficient (Wildman–Crippen LogP) is 3.38. The monoisotopic (exact) mass is 533 g/mol. The van der Waals surface area contributed by atoms with Crippen molar-refractivity contribution in [3.63, 3.8) is 0 Å². The SMILES string of the molecule is C=CCCC(=O)N[C@@H](C)C(=O)N(C)[C@@H](CC(C)(C)C)C(=O)N1C[C@]2(C[C@H]1C#N)C(=O)Nc1ccc(C=C)cc12. The summed E-state index contributed by atoms with van der Waals surface area (Å²) < 4.78 is 0. The Bertz CT molecular complexity index is 1230. The number of likely N-dealkylation sites (N-methyl/N-ethyl adjacent to an activating group) is 1. The summed E-state index contributed by atoms with van der Waals surface area (Å²) in [5.41, 5.74) is 0.847. The van der Waals surface area contributed by atoms with E-state index in [9.17, 15) is 24.4 Å². The third-order valence-corrected chi connectivity index (χ3v) is 7.50. The number of amides is 4. The maximum atomic E-state index is 14.1. The van der Waals surface area contributed by atoms with Crippen LogP contribution in [-0.2, 0) is 24.6 Å². The number of anilines is 1. The van der Waals surface area contributed by atoms with Gasteiger partial charge in [0.05, 0.1) is 11.5 Å². The van der Waals surface area contributed by atoms with Gasteiger partial charge in [-0.15, -0.1) is 6.58 Å². The quantitative estimate of drug-likeness (QED) is 0.471. The first kappa shape index (κ1) is 29.6. The molecule has 4 amide bonds. The number of likely N-dealkylation sites (tertiary alicyclic amines) is 1. The van der Waals surface area contributed by atoms with Crippen LogP contribution < -0.4 is 10.6 Å². The maximum absolute atomic E-state index is 14.1. The lowest BCUT2D eigenvalue weighted by Gasteiger charge is -2.36. The van der Waals surface area contributed by atoms with Crippen molar-refractivity contribution >= 4 is 35.4 Å². The lowest BCUT2D eigenvalue weighted by Crippen LogP contribution is -2.56. The van der Waals surface area contributed by atoms with Crippen molar-refractivity contribution in [3.8, 4) is 6.07 Å². The van der Waals surface area contributed by atoms with E-state index in [0.29, 0.717) is 18.5 Å². The van der Waals surface area contributed by atoms with Crippen LogP contribution in [0.25, 0.3) is 6.08 Å². The van der Waals surface area contributed by atoms with Crippen LogP contribution in [0.5, 0.6) is 0 Å². The minimum Gasteiger partial charge on any atom is -0.345 e. The van der Waals surface area contributed by atoms with Gasteiger partial charge in [0.2, 0.25) is 23.6 Å². The molecule has 0 radical (unpaired) electrons. The van der Waals surface area contributed by atoms with Gasteiger partial charge in [-0.1, -0.05) is 45.6 Å². The molecule has 3 rings (SSSR count). The smallest absolute Gasteiger partial charge is 0.246 e. The second kappa shape index (κ2) is 11.4. The number of fused-ring (bicyclic) bond motifs is 2. The second-order valence-corrected chi connectivity index (χ2v) is 11.7. The first-order valence-electron chi connectivity index (χ1n) is 13.2. The largest absolute Gasteiger partial charge is 0.345 e. The molecule has 1 spiro atoms. The molecule has 9 heteroatoms.